The van der Waals surface area contributed by atoms with Crippen molar-refractivity contribution in [2.24, 2.45) is 0 Å². The third-order valence-electron chi connectivity index (χ3n) is 2.15. The fourth-order valence-electron chi connectivity index (χ4n) is 1.39. The van der Waals surface area contributed by atoms with Crippen LogP contribution >= 0.6 is 11.3 Å². The Bertz CT molecular complexity index is 428. The van der Waals surface area contributed by atoms with Crippen LogP contribution in [0.1, 0.15) is 11.4 Å². The van der Waals surface area contributed by atoms with Gasteiger partial charge >= 0.3 is 0 Å². The fraction of sp³-hybridized carbons (Fsp3) is 0.250. The van der Waals surface area contributed by atoms with E-state index in [0.29, 0.717) is 6.61 Å². The molecule has 1 heterocycles. The van der Waals surface area contributed by atoms with E-state index in [4.69, 9.17) is 10.5 Å². The summed E-state index contributed by atoms with van der Waals surface area (Å²) < 4.78 is 5.58. The highest BCUT2D eigenvalue weighted by Crippen LogP contribution is 2.15. The highest BCUT2D eigenvalue weighted by Gasteiger charge is 1.97. The molecule has 0 unspecified atom stereocenters. The van der Waals surface area contributed by atoms with Crippen LogP contribution in [-0.4, -0.2) is 11.6 Å². The van der Waals surface area contributed by atoms with Crippen LogP contribution in [-0.2, 0) is 6.42 Å². The van der Waals surface area contributed by atoms with Gasteiger partial charge in [-0.1, -0.05) is 6.07 Å². The number of nitrogens with zero attached hydrogens (tertiary/aromatic N) is 1. The summed E-state index contributed by atoms with van der Waals surface area (Å²) in [4.78, 5) is 4.22. The zero-order valence-electron chi connectivity index (χ0n) is 8.93. The largest absolute Gasteiger partial charge is 0.494 e. The van der Waals surface area contributed by atoms with Crippen molar-refractivity contribution in [3.8, 4) is 5.75 Å². The SMILES string of the molecule is Nc1cccc(OCCCc2nccs2)c1. The van der Waals surface area contributed by atoms with Crippen molar-refractivity contribution >= 4 is 17.0 Å². The third kappa shape index (κ3) is 3.24. The van der Waals surface area contributed by atoms with Crippen LogP contribution in [0.2, 0.25) is 0 Å². The molecule has 0 aliphatic rings. The molecule has 0 radical (unpaired) electrons. The number of anilines is 1. The Morgan fingerprint density at radius 1 is 1.38 bits per heavy atom. The number of nitrogen functional groups attached to an aromatic ring is 1. The molecule has 0 saturated heterocycles. The number of rotatable bonds is 5. The molecule has 4 heteroatoms. The molecule has 1 aromatic heterocycles. The molecule has 0 saturated carbocycles. The first-order valence-corrected chi connectivity index (χ1v) is 6.09. The number of benzene rings is 1. The van der Waals surface area contributed by atoms with E-state index in [-0.39, 0.29) is 0 Å². The van der Waals surface area contributed by atoms with Crippen molar-refractivity contribution in [3.63, 3.8) is 0 Å². The van der Waals surface area contributed by atoms with Crippen molar-refractivity contribution < 1.29 is 4.74 Å². The lowest BCUT2D eigenvalue weighted by Gasteiger charge is -2.05. The van der Waals surface area contributed by atoms with E-state index in [2.05, 4.69) is 4.98 Å². The summed E-state index contributed by atoms with van der Waals surface area (Å²) in [7, 11) is 0. The number of hydrogen-bond donors (Lipinski definition) is 1. The van der Waals surface area contributed by atoms with Gasteiger partial charge in [-0.15, -0.1) is 11.3 Å². The summed E-state index contributed by atoms with van der Waals surface area (Å²) in [6.45, 7) is 0.697. The Balaban J connectivity index is 1.72. The van der Waals surface area contributed by atoms with Crippen LogP contribution < -0.4 is 10.5 Å². The number of ether oxygens (including phenoxy) is 1. The predicted octanol–water partition coefficient (Wildman–Crippen LogP) is 2.74. The average Bonchev–Trinajstić information content (AvgIpc) is 2.77. The first kappa shape index (κ1) is 11.0. The van der Waals surface area contributed by atoms with Crippen molar-refractivity contribution in [3.05, 3.63) is 40.8 Å². The molecule has 16 heavy (non-hydrogen) atoms. The molecule has 0 amide bonds. The predicted molar refractivity (Wildman–Crippen MR) is 66.8 cm³/mol. The number of aromatic nitrogens is 1. The fourth-order valence-corrected chi connectivity index (χ4v) is 2.06. The zero-order valence-corrected chi connectivity index (χ0v) is 9.74. The summed E-state index contributed by atoms with van der Waals surface area (Å²) in [6, 6.07) is 7.50. The Morgan fingerprint density at radius 2 is 2.31 bits per heavy atom. The molecule has 84 valence electrons. The monoisotopic (exact) mass is 234 g/mol. The van der Waals surface area contributed by atoms with Crippen LogP contribution in [0.15, 0.2) is 35.8 Å². The van der Waals surface area contributed by atoms with Crippen LogP contribution in [0.5, 0.6) is 5.75 Å². The molecule has 2 N–H and O–H groups in total. The van der Waals surface area contributed by atoms with Gasteiger partial charge in [-0.2, -0.15) is 0 Å². The molecule has 2 rings (SSSR count). The van der Waals surface area contributed by atoms with Crippen LogP contribution in [0.3, 0.4) is 0 Å². The molecule has 0 atom stereocenters. The average molecular weight is 234 g/mol. The second kappa shape index (κ2) is 5.51. The summed E-state index contributed by atoms with van der Waals surface area (Å²) >= 11 is 1.68. The summed E-state index contributed by atoms with van der Waals surface area (Å²) in [5, 5.41) is 3.16. The summed E-state index contributed by atoms with van der Waals surface area (Å²) in [5.74, 6) is 0.833. The van der Waals surface area contributed by atoms with Gasteiger partial charge in [0.1, 0.15) is 5.75 Å². The molecule has 3 nitrogen and oxygen atoms in total. The standard InChI is InChI=1S/C12H14N2OS/c13-10-3-1-4-11(9-10)15-7-2-5-12-14-6-8-16-12/h1,3-4,6,8-9H,2,5,7,13H2. The van der Waals surface area contributed by atoms with Gasteiger partial charge < -0.3 is 10.5 Å². The lowest BCUT2D eigenvalue weighted by Crippen LogP contribution is -1.99. The van der Waals surface area contributed by atoms with Gasteiger partial charge in [-0.25, -0.2) is 4.98 Å². The van der Waals surface area contributed by atoms with Crippen molar-refractivity contribution in [1.29, 1.82) is 0 Å². The first-order valence-electron chi connectivity index (χ1n) is 5.21. The summed E-state index contributed by atoms with van der Waals surface area (Å²) in [6.07, 6.45) is 3.78. The van der Waals surface area contributed by atoms with E-state index >= 15 is 0 Å². The van der Waals surface area contributed by atoms with Crippen molar-refractivity contribution in [2.45, 2.75) is 12.8 Å². The normalized spacial score (nSPS) is 10.2. The van der Waals surface area contributed by atoms with Crippen LogP contribution in [0, 0.1) is 0 Å². The van der Waals surface area contributed by atoms with Gasteiger partial charge in [0.2, 0.25) is 0 Å². The highest BCUT2D eigenvalue weighted by atomic mass is 32.1. The van der Waals surface area contributed by atoms with Gasteiger partial charge in [0, 0.05) is 29.8 Å². The Labute approximate surface area is 98.9 Å². The molecule has 1 aromatic carbocycles. The molecular formula is C12H14N2OS. The second-order valence-corrected chi connectivity index (χ2v) is 4.43. The molecule has 0 aliphatic carbocycles. The van der Waals surface area contributed by atoms with Crippen LogP contribution in [0.25, 0.3) is 0 Å². The van der Waals surface area contributed by atoms with Crippen molar-refractivity contribution in [1.82, 2.24) is 4.98 Å². The molecule has 0 bridgehead atoms. The Kier molecular flexibility index (Phi) is 3.77. The van der Waals surface area contributed by atoms with Gasteiger partial charge in [-0.05, 0) is 18.6 Å². The number of nitrogens with two attached hydrogens (primary N) is 1. The maximum atomic E-state index is 5.65. The smallest absolute Gasteiger partial charge is 0.121 e. The van der Waals surface area contributed by atoms with E-state index in [1.165, 1.54) is 0 Å². The van der Waals surface area contributed by atoms with E-state index < -0.39 is 0 Å². The van der Waals surface area contributed by atoms with Gasteiger partial charge in [-0.3, -0.25) is 0 Å². The van der Waals surface area contributed by atoms with E-state index in [0.717, 1.165) is 29.3 Å². The Hall–Kier alpha value is -1.55. The first-order chi connectivity index (χ1) is 7.84. The quantitative estimate of drug-likeness (QED) is 0.639. The number of aryl methyl sites for hydroxylation is 1. The Morgan fingerprint density at radius 3 is 3.06 bits per heavy atom. The maximum absolute atomic E-state index is 5.65. The number of hydrogen-bond acceptors (Lipinski definition) is 4. The molecule has 0 aliphatic heterocycles. The minimum Gasteiger partial charge on any atom is -0.494 e. The van der Waals surface area contributed by atoms with Gasteiger partial charge in [0.25, 0.3) is 0 Å². The molecular weight excluding hydrogens is 220 g/mol. The van der Waals surface area contributed by atoms with E-state index in [9.17, 15) is 0 Å². The highest BCUT2D eigenvalue weighted by molar-refractivity contribution is 7.09. The van der Waals surface area contributed by atoms with E-state index in [1.54, 1.807) is 11.3 Å². The zero-order chi connectivity index (χ0) is 11.2. The van der Waals surface area contributed by atoms with E-state index in [1.807, 2.05) is 35.8 Å². The van der Waals surface area contributed by atoms with Gasteiger partial charge in [0.15, 0.2) is 0 Å². The maximum Gasteiger partial charge on any atom is 0.121 e. The molecule has 0 spiro atoms. The van der Waals surface area contributed by atoms with Crippen molar-refractivity contribution in [2.75, 3.05) is 12.3 Å². The van der Waals surface area contributed by atoms with Gasteiger partial charge in [0.05, 0.1) is 11.6 Å². The minimum absolute atomic E-state index is 0.697. The summed E-state index contributed by atoms with van der Waals surface area (Å²) in [5.41, 5.74) is 6.39. The van der Waals surface area contributed by atoms with Crippen LogP contribution in [0.4, 0.5) is 5.69 Å². The lowest BCUT2D eigenvalue weighted by molar-refractivity contribution is 0.311. The minimum atomic E-state index is 0.697. The topological polar surface area (TPSA) is 48.1 Å². The lowest BCUT2D eigenvalue weighted by atomic mass is 10.3. The number of thiazole rings is 1. The second-order valence-electron chi connectivity index (χ2n) is 3.45. The molecule has 2 aromatic rings. The third-order valence-corrected chi connectivity index (χ3v) is 2.98. The molecule has 0 fully saturated rings.